The van der Waals surface area contributed by atoms with Crippen LogP contribution < -0.4 is 15.8 Å². The van der Waals surface area contributed by atoms with Crippen LogP contribution in [0.2, 0.25) is 0 Å². The molecule has 0 bridgehead atoms. The summed E-state index contributed by atoms with van der Waals surface area (Å²) in [5.41, 5.74) is 6.43. The first kappa shape index (κ1) is 22.9. The number of nitrogens with one attached hydrogen (secondary N) is 2. The second-order valence-corrected chi connectivity index (χ2v) is 9.55. The molecule has 2 aromatic heterocycles. The zero-order valence-corrected chi connectivity index (χ0v) is 20.9. The first-order valence-corrected chi connectivity index (χ1v) is 12.2. The maximum Gasteiger partial charge on any atom is 0.417 e. The number of nitrogens with zero attached hydrogens (tertiary/aromatic N) is 1. The number of benzene rings is 3. The molecule has 1 aliphatic heterocycles. The summed E-state index contributed by atoms with van der Waals surface area (Å²) in [5, 5.41) is 7.96. The topological polar surface area (TPSA) is 93.3 Å². The lowest BCUT2D eigenvalue weighted by Gasteiger charge is -2.39. The standard InChI is InChI=1S/C30H27N3O4/c1-18-26(19(2)37-33-18)23-14-24-22(15-25(23)35-3)27-28(36-29(34)31-27)30(32-24,16-20-10-6-4-7-11-20)17-21-12-8-5-9-13-21/h4-15,32H,16-17H2,1-3H3,(H,31,34). The summed E-state index contributed by atoms with van der Waals surface area (Å²) in [4.78, 5) is 15.6. The molecule has 0 atom stereocenters. The van der Waals surface area contributed by atoms with E-state index in [0.717, 1.165) is 39.2 Å². The van der Waals surface area contributed by atoms with Crippen molar-refractivity contribution in [2.24, 2.45) is 0 Å². The van der Waals surface area contributed by atoms with Crippen molar-refractivity contribution in [3.63, 3.8) is 0 Å². The van der Waals surface area contributed by atoms with Gasteiger partial charge in [-0.3, -0.25) is 4.98 Å². The molecule has 0 saturated heterocycles. The van der Waals surface area contributed by atoms with Crippen LogP contribution in [-0.2, 0) is 18.4 Å². The van der Waals surface area contributed by atoms with E-state index in [1.165, 1.54) is 0 Å². The van der Waals surface area contributed by atoms with E-state index in [4.69, 9.17) is 13.7 Å². The summed E-state index contributed by atoms with van der Waals surface area (Å²) in [6.45, 7) is 3.81. The highest BCUT2D eigenvalue weighted by atomic mass is 16.5. The summed E-state index contributed by atoms with van der Waals surface area (Å²) in [5.74, 6) is 1.47. The number of H-pyrrole nitrogens is 1. The van der Waals surface area contributed by atoms with Crippen molar-refractivity contribution < 1.29 is 13.7 Å². The fourth-order valence-corrected chi connectivity index (χ4v) is 5.49. The predicted molar refractivity (Wildman–Crippen MR) is 142 cm³/mol. The van der Waals surface area contributed by atoms with Crippen LogP contribution in [0.15, 0.2) is 86.5 Å². The van der Waals surface area contributed by atoms with Gasteiger partial charge in [0, 0.05) is 29.7 Å². The SMILES string of the molecule is COc1cc2c(cc1-c1c(C)noc1C)NC(Cc1ccccc1)(Cc1ccccc1)c1oc(=O)[nH]c1-2. The number of anilines is 1. The molecule has 0 aliphatic carbocycles. The molecular weight excluding hydrogens is 466 g/mol. The average Bonchev–Trinajstić information content (AvgIpc) is 3.46. The van der Waals surface area contributed by atoms with Crippen molar-refractivity contribution in [1.82, 2.24) is 10.1 Å². The number of fused-ring (bicyclic) bond motifs is 3. The van der Waals surface area contributed by atoms with Gasteiger partial charge in [-0.25, -0.2) is 4.79 Å². The Morgan fingerprint density at radius 2 is 1.57 bits per heavy atom. The minimum absolute atomic E-state index is 0.487. The molecule has 2 N–H and O–H groups in total. The van der Waals surface area contributed by atoms with E-state index in [-0.39, 0.29) is 0 Å². The molecule has 1 aliphatic rings. The number of rotatable bonds is 6. The van der Waals surface area contributed by atoms with Gasteiger partial charge < -0.3 is 19.0 Å². The van der Waals surface area contributed by atoms with Crippen molar-refractivity contribution in [3.8, 4) is 28.1 Å². The number of methoxy groups -OCH3 is 1. The molecule has 0 radical (unpaired) electrons. The third-order valence-electron chi connectivity index (χ3n) is 7.07. The Morgan fingerprint density at radius 1 is 0.919 bits per heavy atom. The van der Waals surface area contributed by atoms with Crippen molar-refractivity contribution in [2.45, 2.75) is 32.2 Å². The van der Waals surface area contributed by atoms with Gasteiger partial charge in [-0.15, -0.1) is 0 Å². The predicted octanol–water partition coefficient (Wildman–Crippen LogP) is 6.02. The molecule has 5 aromatic rings. The van der Waals surface area contributed by atoms with Crippen LogP contribution in [0, 0.1) is 13.8 Å². The van der Waals surface area contributed by atoms with Gasteiger partial charge in [-0.05, 0) is 37.1 Å². The molecule has 0 fully saturated rings. The maximum absolute atomic E-state index is 12.7. The van der Waals surface area contributed by atoms with E-state index in [1.807, 2.05) is 56.3 Å². The van der Waals surface area contributed by atoms with Gasteiger partial charge in [0.05, 0.1) is 24.1 Å². The quantitative estimate of drug-likeness (QED) is 0.300. The van der Waals surface area contributed by atoms with Crippen LogP contribution in [0.5, 0.6) is 5.75 Å². The monoisotopic (exact) mass is 493 g/mol. The van der Waals surface area contributed by atoms with E-state index in [1.54, 1.807) is 7.11 Å². The second kappa shape index (κ2) is 8.85. The number of aromatic nitrogens is 2. The minimum Gasteiger partial charge on any atom is -0.496 e. The summed E-state index contributed by atoms with van der Waals surface area (Å²) < 4.78 is 17.2. The van der Waals surface area contributed by atoms with E-state index < -0.39 is 11.3 Å². The Balaban J connectivity index is 1.59. The third kappa shape index (κ3) is 3.93. The van der Waals surface area contributed by atoms with E-state index in [9.17, 15) is 4.79 Å². The molecular formula is C30H27N3O4. The number of ether oxygens (including phenoxy) is 1. The van der Waals surface area contributed by atoms with Crippen LogP contribution >= 0.6 is 0 Å². The van der Waals surface area contributed by atoms with E-state index >= 15 is 0 Å². The highest BCUT2D eigenvalue weighted by Crippen LogP contribution is 2.49. The van der Waals surface area contributed by atoms with Crippen LogP contribution in [0.3, 0.4) is 0 Å². The summed E-state index contributed by atoms with van der Waals surface area (Å²) >= 11 is 0. The van der Waals surface area contributed by atoms with Crippen molar-refractivity contribution in [1.29, 1.82) is 0 Å². The van der Waals surface area contributed by atoms with Gasteiger partial charge >= 0.3 is 5.76 Å². The summed E-state index contributed by atoms with van der Waals surface area (Å²) in [6.07, 6.45) is 1.23. The van der Waals surface area contributed by atoms with Crippen molar-refractivity contribution in [2.75, 3.05) is 12.4 Å². The van der Waals surface area contributed by atoms with Gasteiger partial charge in [0.15, 0.2) is 5.76 Å². The van der Waals surface area contributed by atoms with Gasteiger partial charge in [0.2, 0.25) is 0 Å². The van der Waals surface area contributed by atoms with Gasteiger partial charge in [-0.1, -0.05) is 65.8 Å². The second-order valence-electron chi connectivity index (χ2n) is 9.55. The van der Waals surface area contributed by atoms with Crippen molar-refractivity contribution >= 4 is 5.69 Å². The lowest BCUT2D eigenvalue weighted by Crippen LogP contribution is -2.42. The van der Waals surface area contributed by atoms with Crippen LogP contribution in [0.25, 0.3) is 22.4 Å². The Hall–Kier alpha value is -4.52. The van der Waals surface area contributed by atoms with Crippen molar-refractivity contribution in [3.05, 3.63) is 112 Å². The number of oxazole rings is 1. The lowest BCUT2D eigenvalue weighted by molar-refractivity contribution is 0.349. The molecule has 37 heavy (non-hydrogen) atoms. The smallest absolute Gasteiger partial charge is 0.417 e. The molecule has 0 spiro atoms. The molecule has 0 unspecified atom stereocenters. The number of aryl methyl sites for hydroxylation is 2. The molecule has 6 rings (SSSR count). The fraction of sp³-hybridized carbons (Fsp3) is 0.200. The van der Waals surface area contributed by atoms with E-state index in [0.29, 0.717) is 35.8 Å². The Kier molecular flexibility index (Phi) is 5.48. The number of hydrogen-bond donors (Lipinski definition) is 2. The lowest BCUT2D eigenvalue weighted by atomic mass is 9.78. The van der Waals surface area contributed by atoms with Gasteiger partial charge in [0.1, 0.15) is 17.0 Å². The molecule has 0 amide bonds. The van der Waals surface area contributed by atoms with E-state index in [2.05, 4.69) is 45.8 Å². The first-order valence-electron chi connectivity index (χ1n) is 12.2. The highest BCUT2D eigenvalue weighted by molar-refractivity contribution is 5.89. The molecule has 186 valence electrons. The van der Waals surface area contributed by atoms with Crippen LogP contribution in [0.4, 0.5) is 5.69 Å². The molecule has 7 nitrogen and oxygen atoms in total. The zero-order valence-electron chi connectivity index (χ0n) is 20.9. The first-order chi connectivity index (χ1) is 18.0. The summed E-state index contributed by atoms with van der Waals surface area (Å²) in [6, 6.07) is 24.5. The Morgan fingerprint density at radius 3 is 2.14 bits per heavy atom. The fourth-order valence-electron chi connectivity index (χ4n) is 5.49. The molecule has 3 heterocycles. The Labute approximate surface area is 214 Å². The number of aromatic amines is 1. The summed E-state index contributed by atoms with van der Waals surface area (Å²) in [7, 11) is 1.63. The number of hydrogen-bond acceptors (Lipinski definition) is 6. The largest absolute Gasteiger partial charge is 0.496 e. The maximum atomic E-state index is 12.7. The van der Waals surface area contributed by atoms with Gasteiger partial charge in [-0.2, -0.15) is 0 Å². The minimum atomic E-state index is -0.713. The average molecular weight is 494 g/mol. The molecule has 3 aromatic carbocycles. The zero-order chi connectivity index (χ0) is 25.6. The normalized spacial score (nSPS) is 13.5. The third-order valence-corrected chi connectivity index (χ3v) is 7.07. The molecule has 0 saturated carbocycles. The van der Waals surface area contributed by atoms with Crippen LogP contribution in [0.1, 0.15) is 28.3 Å². The van der Waals surface area contributed by atoms with Gasteiger partial charge in [0.25, 0.3) is 0 Å². The van der Waals surface area contributed by atoms with Crippen LogP contribution in [-0.4, -0.2) is 17.3 Å². The Bertz CT molecular complexity index is 1570. The molecule has 7 heteroatoms. The highest BCUT2D eigenvalue weighted by Gasteiger charge is 2.43.